The number of carbonyl (C=O) groups excluding carboxylic acids is 1. The summed E-state index contributed by atoms with van der Waals surface area (Å²) < 4.78 is 16.4. The van der Waals surface area contributed by atoms with Crippen molar-refractivity contribution in [1.82, 2.24) is 4.90 Å². The summed E-state index contributed by atoms with van der Waals surface area (Å²) >= 11 is 0. The van der Waals surface area contributed by atoms with Gasteiger partial charge in [-0.15, -0.1) is 0 Å². The number of hydrogen-bond donors (Lipinski definition) is 1. The van der Waals surface area contributed by atoms with E-state index in [1.807, 2.05) is 54.6 Å². The maximum Gasteiger partial charge on any atom is 0.410 e. The van der Waals surface area contributed by atoms with Crippen molar-refractivity contribution < 1.29 is 28.9 Å². The van der Waals surface area contributed by atoms with Crippen molar-refractivity contribution in [2.24, 2.45) is 0 Å². The van der Waals surface area contributed by atoms with Crippen molar-refractivity contribution in [2.45, 2.75) is 31.2 Å². The molecule has 0 fully saturated rings. The molecule has 1 N–H and O–H groups in total. The van der Waals surface area contributed by atoms with Crippen molar-refractivity contribution in [1.29, 1.82) is 0 Å². The average Bonchev–Trinajstić information content (AvgIpc) is 3.47. The number of rotatable bonds is 7. The van der Waals surface area contributed by atoms with E-state index in [2.05, 4.69) is 12.1 Å². The van der Waals surface area contributed by atoms with E-state index in [9.17, 15) is 14.7 Å². The summed E-state index contributed by atoms with van der Waals surface area (Å²) in [6.07, 6.45) is -0.00854. The van der Waals surface area contributed by atoms with Crippen LogP contribution in [0.1, 0.15) is 36.0 Å². The van der Waals surface area contributed by atoms with Crippen LogP contribution in [-0.2, 0) is 16.0 Å². The topological polar surface area (TPSA) is 85.3 Å². The molecule has 1 aliphatic carbocycles. The SMILES string of the molecule is CN(C(=O)OCC1c2ccccc2-c2ccccc21)C(C)(CCc1ccc2c(c1)OCO2)C(=O)O. The zero-order valence-electron chi connectivity index (χ0n) is 19.7. The van der Waals surface area contributed by atoms with Gasteiger partial charge in [-0.05, 0) is 59.7 Å². The quantitative estimate of drug-likeness (QED) is 0.516. The number of carboxylic acids is 1. The molecule has 1 heterocycles. The Bertz CT molecular complexity index is 1240. The summed E-state index contributed by atoms with van der Waals surface area (Å²) in [6.45, 7) is 1.86. The number of amides is 1. The van der Waals surface area contributed by atoms with E-state index in [0.29, 0.717) is 17.9 Å². The molecule has 0 bridgehead atoms. The van der Waals surface area contributed by atoms with Gasteiger partial charge in [0, 0.05) is 13.0 Å². The Hall–Kier alpha value is -4.00. The fourth-order valence-corrected chi connectivity index (χ4v) is 4.79. The monoisotopic (exact) mass is 473 g/mol. The molecule has 0 radical (unpaired) electrons. The lowest BCUT2D eigenvalue weighted by molar-refractivity contribution is -0.149. The molecule has 7 heteroatoms. The number of fused-ring (bicyclic) bond motifs is 4. The number of likely N-dealkylation sites (N-methyl/N-ethyl adjacent to an activating group) is 1. The van der Waals surface area contributed by atoms with Gasteiger partial charge in [-0.2, -0.15) is 0 Å². The third-order valence-corrected chi connectivity index (χ3v) is 7.15. The second-order valence-electron chi connectivity index (χ2n) is 9.13. The molecule has 1 amide bonds. The number of hydrogen-bond acceptors (Lipinski definition) is 5. The van der Waals surface area contributed by atoms with Crippen LogP contribution >= 0.6 is 0 Å². The third kappa shape index (κ3) is 4.07. The van der Waals surface area contributed by atoms with E-state index in [-0.39, 0.29) is 25.7 Å². The smallest absolute Gasteiger partial charge is 0.410 e. The Morgan fingerprint density at radius 2 is 1.63 bits per heavy atom. The molecule has 1 unspecified atom stereocenters. The first-order valence-electron chi connectivity index (χ1n) is 11.6. The number of carbonyl (C=O) groups is 2. The summed E-state index contributed by atoms with van der Waals surface area (Å²) in [5.41, 5.74) is 3.94. The van der Waals surface area contributed by atoms with Crippen LogP contribution in [0.15, 0.2) is 66.7 Å². The normalized spacial score (nSPS) is 15.1. The van der Waals surface area contributed by atoms with Crippen molar-refractivity contribution in [2.75, 3.05) is 20.4 Å². The number of nitrogens with zero attached hydrogens (tertiary/aromatic N) is 1. The highest BCUT2D eigenvalue weighted by atomic mass is 16.7. The molecule has 7 nitrogen and oxygen atoms in total. The second kappa shape index (κ2) is 8.98. The lowest BCUT2D eigenvalue weighted by Gasteiger charge is -2.34. The van der Waals surface area contributed by atoms with Gasteiger partial charge in [0.15, 0.2) is 11.5 Å². The fraction of sp³-hybridized carbons (Fsp3) is 0.286. The highest BCUT2D eigenvalue weighted by Crippen LogP contribution is 2.44. The third-order valence-electron chi connectivity index (χ3n) is 7.15. The van der Waals surface area contributed by atoms with E-state index in [1.54, 1.807) is 6.92 Å². The van der Waals surface area contributed by atoms with Crippen LogP contribution in [0, 0.1) is 0 Å². The van der Waals surface area contributed by atoms with Gasteiger partial charge in [0.25, 0.3) is 0 Å². The fourth-order valence-electron chi connectivity index (χ4n) is 4.79. The number of carboxylic acid groups (broad SMARTS) is 1. The molecule has 5 rings (SSSR count). The van der Waals surface area contributed by atoms with Crippen molar-refractivity contribution in [3.8, 4) is 22.6 Å². The summed E-state index contributed by atoms with van der Waals surface area (Å²) in [5, 5.41) is 10.0. The van der Waals surface area contributed by atoms with Crippen LogP contribution in [0.2, 0.25) is 0 Å². The van der Waals surface area contributed by atoms with E-state index >= 15 is 0 Å². The minimum absolute atomic E-state index is 0.0931. The Kier molecular flexibility index (Phi) is 5.84. The number of aliphatic carboxylic acids is 1. The molecule has 0 saturated carbocycles. The standard InChI is InChI=1S/C28H27NO6/c1-28(26(30)31,14-13-18-11-12-24-25(15-18)35-17-34-24)29(2)27(32)33-16-23-21-9-5-3-7-19(21)20-8-4-6-10-22(20)23/h3-12,15,23H,13-14,16-17H2,1-2H3,(H,30,31). The minimum Gasteiger partial charge on any atom is -0.480 e. The first kappa shape index (κ1) is 22.8. The molecule has 1 aliphatic heterocycles. The lowest BCUT2D eigenvalue weighted by atomic mass is 9.92. The van der Waals surface area contributed by atoms with Gasteiger partial charge in [0.1, 0.15) is 12.1 Å². The number of aryl methyl sites for hydroxylation is 1. The van der Waals surface area contributed by atoms with Crippen LogP contribution in [0.3, 0.4) is 0 Å². The van der Waals surface area contributed by atoms with E-state index in [4.69, 9.17) is 14.2 Å². The molecule has 3 aromatic rings. The Morgan fingerprint density at radius 3 is 2.29 bits per heavy atom. The first-order chi connectivity index (χ1) is 16.9. The van der Waals surface area contributed by atoms with Gasteiger partial charge in [0.05, 0.1) is 0 Å². The minimum atomic E-state index is -1.45. The Balaban J connectivity index is 1.28. The molecule has 0 spiro atoms. The molecular weight excluding hydrogens is 446 g/mol. The molecule has 0 aromatic heterocycles. The van der Waals surface area contributed by atoms with Crippen LogP contribution in [0.25, 0.3) is 11.1 Å². The first-order valence-corrected chi connectivity index (χ1v) is 11.6. The summed E-state index contributed by atoms with van der Waals surface area (Å²) in [4.78, 5) is 26.5. The van der Waals surface area contributed by atoms with Gasteiger partial charge < -0.3 is 19.3 Å². The van der Waals surface area contributed by atoms with Crippen LogP contribution in [0.4, 0.5) is 4.79 Å². The maximum absolute atomic E-state index is 13.0. The average molecular weight is 474 g/mol. The summed E-state index contributed by atoms with van der Waals surface area (Å²) in [7, 11) is 1.48. The van der Waals surface area contributed by atoms with E-state index in [1.165, 1.54) is 11.9 Å². The summed E-state index contributed by atoms with van der Waals surface area (Å²) in [5.74, 6) is 0.133. The Labute approximate surface area is 203 Å². The Morgan fingerprint density at radius 1 is 1.00 bits per heavy atom. The predicted molar refractivity (Wildman–Crippen MR) is 130 cm³/mol. The van der Waals surface area contributed by atoms with Crippen molar-refractivity contribution in [3.05, 3.63) is 83.4 Å². The van der Waals surface area contributed by atoms with E-state index in [0.717, 1.165) is 27.8 Å². The largest absolute Gasteiger partial charge is 0.480 e. The number of benzene rings is 3. The summed E-state index contributed by atoms with van der Waals surface area (Å²) in [6, 6.07) is 21.7. The molecule has 180 valence electrons. The molecule has 35 heavy (non-hydrogen) atoms. The van der Waals surface area contributed by atoms with Crippen LogP contribution < -0.4 is 9.47 Å². The van der Waals surface area contributed by atoms with Gasteiger partial charge in [-0.1, -0.05) is 54.6 Å². The highest BCUT2D eigenvalue weighted by molar-refractivity contribution is 5.84. The zero-order valence-corrected chi connectivity index (χ0v) is 19.7. The highest BCUT2D eigenvalue weighted by Gasteiger charge is 2.41. The lowest BCUT2D eigenvalue weighted by Crippen LogP contribution is -2.53. The van der Waals surface area contributed by atoms with Crippen molar-refractivity contribution >= 4 is 12.1 Å². The molecule has 3 aromatic carbocycles. The van der Waals surface area contributed by atoms with Gasteiger partial charge >= 0.3 is 12.1 Å². The maximum atomic E-state index is 13.0. The molecule has 0 saturated heterocycles. The van der Waals surface area contributed by atoms with Gasteiger partial charge in [-0.3, -0.25) is 4.90 Å². The molecular formula is C28H27NO6. The zero-order chi connectivity index (χ0) is 24.6. The van der Waals surface area contributed by atoms with Gasteiger partial charge in [-0.25, -0.2) is 9.59 Å². The molecule has 2 aliphatic rings. The second-order valence-corrected chi connectivity index (χ2v) is 9.13. The van der Waals surface area contributed by atoms with Crippen LogP contribution in [0.5, 0.6) is 11.5 Å². The molecule has 1 atom stereocenters. The van der Waals surface area contributed by atoms with E-state index < -0.39 is 17.6 Å². The van der Waals surface area contributed by atoms with Crippen LogP contribution in [-0.4, -0.2) is 48.1 Å². The van der Waals surface area contributed by atoms with Crippen molar-refractivity contribution in [3.63, 3.8) is 0 Å². The number of ether oxygens (including phenoxy) is 3. The van der Waals surface area contributed by atoms with Gasteiger partial charge in [0.2, 0.25) is 6.79 Å². The predicted octanol–water partition coefficient (Wildman–Crippen LogP) is 5.07.